The van der Waals surface area contributed by atoms with Crippen molar-refractivity contribution in [1.29, 1.82) is 0 Å². The third kappa shape index (κ3) is 7.52. The van der Waals surface area contributed by atoms with Gasteiger partial charge in [0.05, 0.1) is 6.04 Å². The zero-order valence-electron chi connectivity index (χ0n) is 19.5. The predicted molar refractivity (Wildman–Crippen MR) is 123 cm³/mol. The molecule has 0 aliphatic carbocycles. The number of carbonyl (C=O) groups excluding carboxylic acids is 1. The molecule has 1 saturated heterocycles. The van der Waals surface area contributed by atoms with Crippen LogP contribution in [-0.2, 0) is 17.8 Å². The number of amides is 1. The highest BCUT2D eigenvalue weighted by atomic mass is 16.6. The van der Waals surface area contributed by atoms with E-state index in [0.717, 1.165) is 51.6 Å². The van der Waals surface area contributed by atoms with E-state index in [1.165, 1.54) is 11.1 Å². The van der Waals surface area contributed by atoms with Crippen LogP contribution < -0.4 is 10.6 Å². The highest BCUT2D eigenvalue weighted by molar-refractivity contribution is 5.80. The number of rotatable bonds is 7. The largest absolute Gasteiger partial charge is 0.444 e. The van der Waals surface area contributed by atoms with Crippen molar-refractivity contribution in [3.05, 3.63) is 35.4 Å². The molecule has 1 heterocycles. The van der Waals surface area contributed by atoms with E-state index < -0.39 is 5.60 Å². The summed E-state index contributed by atoms with van der Waals surface area (Å²) in [4.78, 5) is 21.1. The molecule has 0 radical (unpaired) electrons. The Labute approximate surface area is 181 Å². The smallest absolute Gasteiger partial charge is 0.407 e. The van der Waals surface area contributed by atoms with Gasteiger partial charge in [-0.1, -0.05) is 38.1 Å². The lowest BCUT2D eigenvalue weighted by Gasteiger charge is -2.24. The van der Waals surface area contributed by atoms with E-state index in [-0.39, 0.29) is 12.1 Å². The number of ether oxygens (including phenoxy) is 1. The molecule has 7 nitrogen and oxygen atoms in total. The monoisotopic (exact) mass is 417 g/mol. The number of guanidine groups is 1. The Morgan fingerprint density at radius 3 is 2.50 bits per heavy atom. The third-order valence-electron chi connectivity index (χ3n) is 5.26. The summed E-state index contributed by atoms with van der Waals surface area (Å²) < 4.78 is 5.37. The second-order valence-corrected chi connectivity index (χ2v) is 8.71. The number of nitrogens with zero attached hydrogens (tertiary/aromatic N) is 3. The fourth-order valence-corrected chi connectivity index (χ4v) is 3.62. The molecule has 1 aromatic carbocycles. The summed E-state index contributed by atoms with van der Waals surface area (Å²) >= 11 is 0. The number of aliphatic imine (C=N–C) groups is 1. The summed E-state index contributed by atoms with van der Waals surface area (Å²) in [5, 5.41) is 6.47. The standard InChI is InChI=1S/C23H39N5O2/c1-7-27(8-2)16-19-12-10-9-11-18(19)15-25-21(24-6)28-14-13-20(17-28)26-22(29)30-23(3,4)5/h9-12,20H,7-8,13-17H2,1-6H3,(H,24,25)(H,26,29). The molecule has 2 N–H and O–H groups in total. The molecule has 1 atom stereocenters. The molecule has 0 saturated carbocycles. The van der Waals surface area contributed by atoms with Gasteiger partial charge >= 0.3 is 6.09 Å². The number of hydrogen-bond acceptors (Lipinski definition) is 4. The molecule has 2 rings (SSSR count). The molecule has 1 aromatic rings. The quantitative estimate of drug-likeness (QED) is 0.527. The van der Waals surface area contributed by atoms with Gasteiger partial charge in [0.15, 0.2) is 5.96 Å². The minimum atomic E-state index is -0.488. The fraction of sp³-hybridized carbons (Fsp3) is 0.652. The van der Waals surface area contributed by atoms with Crippen molar-refractivity contribution in [2.24, 2.45) is 4.99 Å². The highest BCUT2D eigenvalue weighted by Gasteiger charge is 2.27. The zero-order chi connectivity index (χ0) is 22.1. The summed E-state index contributed by atoms with van der Waals surface area (Å²) in [7, 11) is 1.80. The minimum absolute atomic E-state index is 0.0633. The van der Waals surface area contributed by atoms with Crippen LogP contribution in [0.15, 0.2) is 29.3 Å². The number of nitrogens with one attached hydrogen (secondary N) is 2. The Balaban J connectivity index is 1.91. The van der Waals surface area contributed by atoms with Crippen LogP contribution in [0.2, 0.25) is 0 Å². The lowest BCUT2D eigenvalue weighted by atomic mass is 10.1. The van der Waals surface area contributed by atoms with Crippen LogP contribution in [0.1, 0.15) is 52.2 Å². The van der Waals surface area contributed by atoms with Gasteiger partial charge in [-0.3, -0.25) is 9.89 Å². The summed E-state index contributed by atoms with van der Waals surface area (Å²) in [5.74, 6) is 0.862. The fourth-order valence-electron chi connectivity index (χ4n) is 3.62. The zero-order valence-corrected chi connectivity index (χ0v) is 19.5. The molecule has 0 bridgehead atoms. The Kier molecular flexibility index (Phi) is 8.96. The van der Waals surface area contributed by atoms with Crippen molar-refractivity contribution >= 4 is 12.1 Å². The van der Waals surface area contributed by atoms with E-state index >= 15 is 0 Å². The maximum atomic E-state index is 12.0. The van der Waals surface area contributed by atoms with Crippen LogP contribution in [0, 0.1) is 0 Å². The Bertz CT molecular complexity index is 710. The van der Waals surface area contributed by atoms with Crippen molar-refractivity contribution in [1.82, 2.24) is 20.4 Å². The van der Waals surface area contributed by atoms with Crippen molar-refractivity contribution < 1.29 is 9.53 Å². The van der Waals surface area contributed by atoms with Crippen molar-refractivity contribution in [3.63, 3.8) is 0 Å². The molecule has 0 spiro atoms. The van der Waals surface area contributed by atoms with E-state index in [9.17, 15) is 4.79 Å². The molecule has 1 aliphatic rings. The molecule has 168 valence electrons. The molecule has 1 fully saturated rings. The van der Waals surface area contributed by atoms with Gasteiger partial charge in [0.1, 0.15) is 5.60 Å². The van der Waals surface area contributed by atoms with Crippen LogP contribution in [0.3, 0.4) is 0 Å². The van der Waals surface area contributed by atoms with Gasteiger partial charge in [-0.15, -0.1) is 0 Å². The van der Waals surface area contributed by atoms with E-state index in [0.29, 0.717) is 0 Å². The first-order chi connectivity index (χ1) is 14.3. The number of alkyl carbamates (subject to hydrolysis) is 1. The summed E-state index contributed by atoms with van der Waals surface area (Å²) in [5.41, 5.74) is 2.14. The predicted octanol–water partition coefficient (Wildman–Crippen LogP) is 3.20. The molecule has 7 heteroatoms. The van der Waals surface area contributed by atoms with Gasteiger partial charge in [-0.05, 0) is 51.4 Å². The van der Waals surface area contributed by atoms with Gasteiger partial charge in [0.25, 0.3) is 0 Å². The first-order valence-corrected chi connectivity index (χ1v) is 11.0. The van der Waals surface area contributed by atoms with Crippen LogP contribution in [0.4, 0.5) is 4.79 Å². The SMILES string of the molecule is CCN(CC)Cc1ccccc1CNC(=NC)N1CCC(NC(=O)OC(C)(C)C)C1. The first kappa shape index (κ1) is 24.0. The second-order valence-electron chi connectivity index (χ2n) is 8.71. The topological polar surface area (TPSA) is 69.2 Å². The number of likely N-dealkylation sites (tertiary alicyclic amines) is 1. The minimum Gasteiger partial charge on any atom is -0.444 e. The Morgan fingerprint density at radius 2 is 1.90 bits per heavy atom. The number of benzene rings is 1. The van der Waals surface area contributed by atoms with Gasteiger partial charge in [-0.2, -0.15) is 0 Å². The van der Waals surface area contributed by atoms with E-state index in [1.54, 1.807) is 7.05 Å². The average Bonchev–Trinajstić information content (AvgIpc) is 3.14. The molecule has 1 unspecified atom stereocenters. The maximum Gasteiger partial charge on any atom is 0.407 e. The lowest BCUT2D eigenvalue weighted by Crippen LogP contribution is -2.44. The summed E-state index contributed by atoms with van der Waals surface area (Å²) in [6, 6.07) is 8.63. The molecule has 1 amide bonds. The number of carbonyl (C=O) groups is 1. The van der Waals surface area contributed by atoms with Gasteiger partial charge in [0.2, 0.25) is 0 Å². The van der Waals surface area contributed by atoms with Crippen molar-refractivity contribution in [2.45, 2.75) is 65.8 Å². The molecule has 1 aliphatic heterocycles. The van der Waals surface area contributed by atoms with E-state index in [1.807, 2.05) is 20.8 Å². The van der Waals surface area contributed by atoms with Gasteiger partial charge in [-0.25, -0.2) is 4.79 Å². The van der Waals surface area contributed by atoms with Gasteiger partial charge in [0, 0.05) is 33.2 Å². The lowest BCUT2D eigenvalue weighted by molar-refractivity contribution is 0.0507. The first-order valence-electron chi connectivity index (χ1n) is 11.0. The highest BCUT2D eigenvalue weighted by Crippen LogP contribution is 2.14. The van der Waals surface area contributed by atoms with Crippen molar-refractivity contribution in [3.8, 4) is 0 Å². The Hall–Kier alpha value is -2.28. The second kappa shape index (κ2) is 11.2. The van der Waals surface area contributed by atoms with Crippen LogP contribution in [0.5, 0.6) is 0 Å². The molecular weight excluding hydrogens is 378 g/mol. The van der Waals surface area contributed by atoms with Crippen molar-refractivity contribution in [2.75, 3.05) is 33.2 Å². The molecular formula is C23H39N5O2. The van der Waals surface area contributed by atoms with E-state index in [2.05, 4.69) is 63.5 Å². The summed E-state index contributed by atoms with van der Waals surface area (Å²) in [6.07, 6.45) is 0.515. The van der Waals surface area contributed by atoms with Crippen LogP contribution >= 0.6 is 0 Å². The van der Waals surface area contributed by atoms with Crippen LogP contribution in [-0.4, -0.2) is 66.7 Å². The van der Waals surface area contributed by atoms with Crippen LogP contribution in [0.25, 0.3) is 0 Å². The van der Waals surface area contributed by atoms with Gasteiger partial charge < -0.3 is 20.3 Å². The average molecular weight is 418 g/mol. The Morgan fingerprint density at radius 1 is 1.23 bits per heavy atom. The molecule has 0 aromatic heterocycles. The summed E-state index contributed by atoms with van der Waals surface area (Å²) in [6.45, 7) is 15.3. The number of hydrogen-bond donors (Lipinski definition) is 2. The maximum absolute atomic E-state index is 12.0. The van der Waals surface area contributed by atoms with E-state index in [4.69, 9.17) is 4.74 Å². The third-order valence-corrected chi connectivity index (χ3v) is 5.26. The normalized spacial score (nSPS) is 17.4. The molecule has 30 heavy (non-hydrogen) atoms.